The molecule has 0 unspecified atom stereocenters. The normalized spacial score (nSPS) is 11.1. The highest BCUT2D eigenvalue weighted by Gasteiger charge is 2.17. The lowest BCUT2D eigenvalue weighted by Gasteiger charge is -2.07. The number of amides is 1. The van der Waals surface area contributed by atoms with Crippen molar-refractivity contribution in [3.63, 3.8) is 0 Å². The van der Waals surface area contributed by atoms with E-state index in [0.29, 0.717) is 38.9 Å². The zero-order chi connectivity index (χ0) is 21.4. The van der Waals surface area contributed by atoms with E-state index in [2.05, 4.69) is 31.2 Å². The van der Waals surface area contributed by atoms with Crippen LogP contribution in [0.15, 0.2) is 53.0 Å². The molecule has 2 N–H and O–H groups in total. The fraction of sp³-hybridized carbons (Fsp3) is 0.0476. The molecule has 0 atom stereocenters. The van der Waals surface area contributed by atoms with Gasteiger partial charge in [0.1, 0.15) is 17.5 Å². The fourth-order valence-corrected chi connectivity index (χ4v) is 3.76. The van der Waals surface area contributed by atoms with Gasteiger partial charge in [0.25, 0.3) is 5.91 Å². The third-order valence-corrected chi connectivity index (χ3v) is 5.80. The maximum absolute atomic E-state index is 14.5. The molecule has 1 amide bonds. The van der Waals surface area contributed by atoms with Crippen molar-refractivity contribution in [3.8, 4) is 0 Å². The molecule has 30 heavy (non-hydrogen) atoms. The first kappa shape index (κ1) is 20.8. The molecule has 4 rings (SSSR count). The summed E-state index contributed by atoms with van der Waals surface area (Å²) in [4.78, 5) is 19.9. The Kier molecular flexibility index (Phi) is 5.77. The second-order valence-electron chi connectivity index (χ2n) is 6.49. The number of fused-ring (bicyclic) bond motifs is 1. The maximum Gasteiger partial charge on any atom is 0.258 e. The average Bonchev–Trinajstić information content (AvgIpc) is 3.08. The van der Waals surface area contributed by atoms with Crippen molar-refractivity contribution in [3.05, 3.63) is 91.6 Å². The van der Waals surface area contributed by atoms with Crippen molar-refractivity contribution in [2.75, 3.05) is 5.32 Å². The molecule has 0 aliphatic carbocycles. The third-order valence-electron chi connectivity index (χ3n) is 4.45. The van der Waals surface area contributed by atoms with Crippen LogP contribution in [0.5, 0.6) is 0 Å². The summed E-state index contributed by atoms with van der Waals surface area (Å²) in [7, 11) is 0. The van der Waals surface area contributed by atoms with E-state index in [9.17, 15) is 13.6 Å². The number of anilines is 1. The molecule has 4 aromatic rings. The van der Waals surface area contributed by atoms with Crippen molar-refractivity contribution < 1.29 is 13.6 Å². The van der Waals surface area contributed by atoms with Gasteiger partial charge in [-0.25, -0.2) is 13.8 Å². The summed E-state index contributed by atoms with van der Waals surface area (Å²) in [6.07, 6.45) is 0.314. The Balaban J connectivity index is 1.63. The molecule has 9 heteroatoms. The molecule has 0 radical (unpaired) electrons. The molecule has 4 nitrogen and oxygen atoms in total. The van der Waals surface area contributed by atoms with Crippen molar-refractivity contribution in [2.45, 2.75) is 6.42 Å². The third kappa shape index (κ3) is 4.19. The van der Waals surface area contributed by atoms with E-state index in [1.165, 1.54) is 24.3 Å². The van der Waals surface area contributed by atoms with Gasteiger partial charge in [-0.15, -0.1) is 0 Å². The number of hydrogen-bond donors (Lipinski definition) is 2. The van der Waals surface area contributed by atoms with Gasteiger partial charge in [-0.1, -0.05) is 29.3 Å². The van der Waals surface area contributed by atoms with E-state index in [-0.39, 0.29) is 15.7 Å². The Morgan fingerprint density at radius 3 is 2.50 bits per heavy atom. The van der Waals surface area contributed by atoms with Crippen molar-refractivity contribution in [2.24, 2.45) is 0 Å². The molecular weight excluding hydrogens is 499 g/mol. The van der Waals surface area contributed by atoms with Gasteiger partial charge in [0.05, 0.1) is 21.1 Å². The van der Waals surface area contributed by atoms with Crippen LogP contribution in [0.1, 0.15) is 21.7 Å². The van der Waals surface area contributed by atoms with Gasteiger partial charge in [0.15, 0.2) is 0 Å². The van der Waals surface area contributed by atoms with Crippen LogP contribution in [-0.2, 0) is 6.42 Å². The van der Waals surface area contributed by atoms with Gasteiger partial charge >= 0.3 is 0 Å². The number of rotatable bonds is 4. The van der Waals surface area contributed by atoms with Crippen LogP contribution in [0.3, 0.4) is 0 Å². The van der Waals surface area contributed by atoms with Gasteiger partial charge in [0, 0.05) is 28.2 Å². The average molecular weight is 511 g/mol. The molecule has 3 aromatic carbocycles. The zero-order valence-electron chi connectivity index (χ0n) is 15.1. The molecule has 1 heterocycles. The van der Waals surface area contributed by atoms with Gasteiger partial charge in [-0.3, -0.25) is 4.79 Å². The van der Waals surface area contributed by atoms with Crippen molar-refractivity contribution >= 4 is 61.8 Å². The molecule has 0 aliphatic rings. The van der Waals surface area contributed by atoms with Gasteiger partial charge in [-0.05, 0) is 57.9 Å². The lowest BCUT2D eigenvalue weighted by Crippen LogP contribution is -2.14. The topological polar surface area (TPSA) is 57.8 Å². The predicted octanol–water partition coefficient (Wildman–Crippen LogP) is 6.75. The van der Waals surface area contributed by atoms with Crippen LogP contribution in [0.4, 0.5) is 14.5 Å². The van der Waals surface area contributed by atoms with Gasteiger partial charge in [-0.2, -0.15) is 0 Å². The highest BCUT2D eigenvalue weighted by Crippen LogP contribution is 2.27. The molecule has 152 valence electrons. The second kappa shape index (κ2) is 8.34. The predicted molar refractivity (Wildman–Crippen MR) is 117 cm³/mol. The Morgan fingerprint density at radius 1 is 1.07 bits per heavy atom. The van der Waals surface area contributed by atoms with E-state index in [1.54, 1.807) is 18.2 Å². The molecular formula is C21H12BrCl2F2N3O. The van der Waals surface area contributed by atoms with Gasteiger partial charge < -0.3 is 10.3 Å². The van der Waals surface area contributed by atoms with Crippen LogP contribution in [0.25, 0.3) is 11.0 Å². The number of hydrogen-bond acceptors (Lipinski definition) is 2. The van der Waals surface area contributed by atoms with E-state index < -0.39 is 17.5 Å². The second-order valence-corrected chi connectivity index (χ2v) is 8.16. The van der Waals surface area contributed by atoms with Crippen LogP contribution < -0.4 is 5.32 Å². The van der Waals surface area contributed by atoms with E-state index in [0.717, 1.165) is 6.07 Å². The van der Waals surface area contributed by atoms with Crippen LogP contribution in [-0.4, -0.2) is 15.9 Å². The number of benzene rings is 3. The maximum atomic E-state index is 14.5. The Bertz CT molecular complexity index is 1270. The number of nitrogens with zero attached hydrogens (tertiary/aromatic N) is 1. The van der Waals surface area contributed by atoms with Gasteiger partial charge in [0.2, 0.25) is 0 Å². The minimum Gasteiger partial charge on any atom is -0.342 e. The lowest BCUT2D eigenvalue weighted by molar-refractivity contribution is 0.102. The summed E-state index contributed by atoms with van der Waals surface area (Å²) >= 11 is 15.4. The first-order valence-corrected chi connectivity index (χ1v) is 10.2. The Morgan fingerprint density at radius 2 is 1.80 bits per heavy atom. The quantitative estimate of drug-likeness (QED) is 0.319. The minimum absolute atomic E-state index is 0.205. The number of nitrogens with one attached hydrogen (secondary N) is 2. The van der Waals surface area contributed by atoms with Crippen molar-refractivity contribution in [1.29, 1.82) is 0 Å². The summed E-state index contributed by atoms with van der Waals surface area (Å²) < 4.78 is 28.5. The first-order chi connectivity index (χ1) is 14.3. The summed E-state index contributed by atoms with van der Waals surface area (Å²) in [6, 6.07) is 11.8. The number of carbonyl (C=O) groups excluding carboxylic acids is 1. The first-order valence-electron chi connectivity index (χ1n) is 8.69. The highest BCUT2D eigenvalue weighted by molar-refractivity contribution is 9.10. The summed E-state index contributed by atoms with van der Waals surface area (Å²) in [5, 5.41) is 3.47. The van der Waals surface area contributed by atoms with Crippen LogP contribution in [0.2, 0.25) is 10.0 Å². The Labute approximate surface area is 188 Å². The lowest BCUT2D eigenvalue weighted by atomic mass is 10.1. The standard InChI is InChI=1S/C21H12BrCl2F2N3O/c22-13-5-4-10(6-17(13)26)27-21(30)12-7-18-19(9-16(12)25)29-20(28-18)8-11-14(23)2-1-3-15(11)24/h1-7,9H,8H2,(H,27,30)(H,28,29). The zero-order valence-corrected chi connectivity index (χ0v) is 18.2. The number of H-pyrrole nitrogens is 1. The number of aromatic nitrogens is 2. The summed E-state index contributed by atoms with van der Waals surface area (Å²) in [6.45, 7) is 0. The fourth-order valence-electron chi connectivity index (χ4n) is 2.98. The summed E-state index contributed by atoms with van der Waals surface area (Å²) in [5.41, 5.74) is 1.52. The largest absolute Gasteiger partial charge is 0.342 e. The molecule has 0 fully saturated rings. The minimum atomic E-state index is -0.733. The van der Waals surface area contributed by atoms with Crippen LogP contribution >= 0.6 is 39.1 Å². The SMILES string of the molecule is O=C(Nc1ccc(Br)c(F)c1)c1cc2nc(Cc3c(Cl)cccc3Cl)[nH]c2cc1F. The Hall–Kier alpha value is -2.48. The molecule has 0 bridgehead atoms. The molecule has 0 saturated heterocycles. The highest BCUT2D eigenvalue weighted by atomic mass is 79.9. The van der Waals surface area contributed by atoms with Crippen molar-refractivity contribution in [1.82, 2.24) is 9.97 Å². The molecule has 0 spiro atoms. The monoisotopic (exact) mass is 509 g/mol. The molecule has 1 aromatic heterocycles. The molecule has 0 aliphatic heterocycles. The smallest absolute Gasteiger partial charge is 0.258 e. The number of imidazole rings is 1. The number of halogens is 5. The van der Waals surface area contributed by atoms with Crippen LogP contribution in [0, 0.1) is 11.6 Å². The van der Waals surface area contributed by atoms with E-state index in [1.807, 2.05) is 0 Å². The van der Waals surface area contributed by atoms with E-state index in [4.69, 9.17) is 23.2 Å². The number of carbonyl (C=O) groups is 1. The summed E-state index contributed by atoms with van der Waals surface area (Å²) in [5.74, 6) is -1.47. The van der Waals surface area contributed by atoms with E-state index >= 15 is 0 Å². The molecule has 0 saturated carbocycles. The number of aromatic amines is 1.